The predicted octanol–water partition coefficient (Wildman–Crippen LogP) is 1.74. The van der Waals surface area contributed by atoms with Gasteiger partial charge in [-0.05, 0) is 25.5 Å². The van der Waals surface area contributed by atoms with E-state index in [-0.39, 0.29) is 5.91 Å². The van der Waals surface area contributed by atoms with Gasteiger partial charge in [0.15, 0.2) is 5.82 Å². The van der Waals surface area contributed by atoms with Crippen molar-refractivity contribution >= 4 is 23.1 Å². The molecule has 0 N–H and O–H groups in total. The third-order valence-corrected chi connectivity index (χ3v) is 4.75. The molecule has 2 aromatic heterocycles. The molecule has 0 aromatic carbocycles. The van der Waals surface area contributed by atoms with Crippen LogP contribution in [0.5, 0.6) is 0 Å². The number of rotatable bonds is 4. The summed E-state index contributed by atoms with van der Waals surface area (Å²) in [6.45, 7) is 5.37. The SMILES string of the molecule is COCc1nc(C(=O)N2CCCN(c3ccc(C)nn3)CC2)cs1. The molecule has 0 saturated carbocycles. The Labute approximate surface area is 145 Å². The highest BCUT2D eigenvalue weighted by atomic mass is 32.1. The van der Waals surface area contributed by atoms with Gasteiger partial charge in [-0.1, -0.05) is 0 Å². The number of hydrogen-bond acceptors (Lipinski definition) is 7. The first-order valence-electron chi connectivity index (χ1n) is 7.95. The van der Waals surface area contributed by atoms with Gasteiger partial charge in [0.1, 0.15) is 10.7 Å². The van der Waals surface area contributed by atoms with Crippen LogP contribution >= 0.6 is 11.3 Å². The third-order valence-electron chi connectivity index (χ3n) is 3.93. The Morgan fingerprint density at radius 3 is 2.88 bits per heavy atom. The topological polar surface area (TPSA) is 71.5 Å². The molecule has 3 heterocycles. The Morgan fingerprint density at radius 2 is 2.12 bits per heavy atom. The fraction of sp³-hybridized carbons (Fsp3) is 0.500. The normalized spacial score (nSPS) is 15.4. The van der Waals surface area contributed by atoms with Crippen LogP contribution in [-0.4, -0.2) is 59.3 Å². The van der Waals surface area contributed by atoms with E-state index in [0.29, 0.717) is 18.8 Å². The van der Waals surface area contributed by atoms with E-state index < -0.39 is 0 Å². The van der Waals surface area contributed by atoms with Gasteiger partial charge in [-0.15, -0.1) is 16.4 Å². The Balaban J connectivity index is 1.64. The first kappa shape index (κ1) is 16.8. The Kier molecular flexibility index (Phi) is 5.37. The van der Waals surface area contributed by atoms with Gasteiger partial charge in [-0.25, -0.2) is 4.98 Å². The molecule has 24 heavy (non-hydrogen) atoms. The molecule has 2 aromatic rings. The van der Waals surface area contributed by atoms with Crippen LogP contribution in [0, 0.1) is 6.92 Å². The summed E-state index contributed by atoms with van der Waals surface area (Å²) >= 11 is 1.46. The maximum absolute atomic E-state index is 12.6. The zero-order chi connectivity index (χ0) is 16.9. The number of anilines is 1. The van der Waals surface area contributed by atoms with Gasteiger partial charge in [0.2, 0.25) is 0 Å². The second-order valence-corrected chi connectivity index (χ2v) is 6.67. The number of nitrogens with zero attached hydrogens (tertiary/aromatic N) is 5. The standard InChI is InChI=1S/C16H21N5O2S/c1-12-4-5-14(19-18-12)20-6-3-7-21(9-8-20)16(22)13-11-24-15(17-13)10-23-2/h4-5,11H,3,6-10H2,1-2H3. The lowest BCUT2D eigenvalue weighted by Crippen LogP contribution is -2.35. The Morgan fingerprint density at radius 1 is 1.25 bits per heavy atom. The highest BCUT2D eigenvalue weighted by Crippen LogP contribution is 2.16. The van der Waals surface area contributed by atoms with E-state index >= 15 is 0 Å². The average Bonchev–Trinajstić information content (AvgIpc) is 2.91. The van der Waals surface area contributed by atoms with E-state index in [2.05, 4.69) is 20.1 Å². The van der Waals surface area contributed by atoms with Crippen LogP contribution in [0.3, 0.4) is 0 Å². The Bertz CT molecular complexity index is 688. The van der Waals surface area contributed by atoms with E-state index in [1.54, 1.807) is 7.11 Å². The molecule has 1 aliphatic rings. The fourth-order valence-corrected chi connectivity index (χ4v) is 3.41. The summed E-state index contributed by atoms with van der Waals surface area (Å²) in [4.78, 5) is 21.0. The lowest BCUT2D eigenvalue weighted by atomic mass is 10.3. The lowest BCUT2D eigenvalue weighted by Gasteiger charge is -2.22. The van der Waals surface area contributed by atoms with Crippen LogP contribution in [0.1, 0.15) is 27.6 Å². The van der Waals surface area contributed by atoms with Crippen molar-refractivity contribution in [3.8, 4) is 0 Å². The van der Waals surface area contributed by atoms with Crippen molar-refractivity contribution in [2.45, 2.75) is 20.0 Å². The molecule has 0 bridgehead atoms. The van der Waals surface area contributed by atoms with Gasteiger partial charge in [-0.2, -0.15) is 5.10 Å². The van der Waals surface area contributed by atoms with Gasteiger partial charge < -0.3 is 14.5 Å². The third kappa shape index (κ3) is 3.88. The fourth-order valence-electron chi connectivity index (χ4n) is 2.67. The van der Waals surface area contributed by atoms with Crippen molar-refractivity contribution < 1.29 is 9.53 Å². The first-order valence-corrected chi connectivity index (χ1v) is 8.83. The summed E-state index contributed by atoms with van der Waals surface area (Å²) in [5.41, 5.74) is 1.41. The molecule has 8 heteroatoms. The molecule has 1 amide bonds. The average molecular weight is 347 g/mol. The highest BCUT2D eigenvalue weighted by Gasteiger charge is 2.22. The molecule has 128 valence electrons. The van der Waals surface area contributed by atoms with Crippen molar-refractivity contribution in [1.29, 1.82) is 0 Å². The van der Waals surface area contributed by atoms with Crippen molar-refractivity contribution in [1.82, 2.24) is 20.1 Å². The van der Waals surface area contributed by atoms with E-state index in [4.69, 9.17) is 4.74 Å². The maximum atomic E-state index is 12.6. The summed E-state index contributed by atoms with van der Waals surface area (Å²) in [7, 11) is 1.63. The number of aromatic nitrogens is 3. The number of hydrogen-bond donors (Lipinski definition) is 0. The molecule has 7 nitrogen and oxygen atoms in total. The molecule has 0 atom stereocenters. The van der Waals surface area contributed by atoms with E-state index in [0.717, 1.165) is 42.6 Å². The zero-order valence-corrected chi connectivity index (χ0v) is 14.8. The second kappa shape index (κ2) is 7.67. The number of thiazole rings is 1. The number of aryl methyl sites for hydroxylation is 1. The minimum Gasteiger partial charge on any atom is -0.378 e. The van der Waals surface area contributed by atoms with Gasteiger partial charge in [0.25, 0.3) is 5.91 Å². The van der Waals surface area contributed by atoms with Crippen molar-refractivity contribution in [3.05, 3.63) is 33.9 Å². The first-order chi connectivity index (χ1) is 11.7. The van der Waals surface area contributed by atoms with E-state index in [1.807, 2.05) is 29.3 Å². The molecule has 0 radical (unpaired) electrons. The van der Waals surface area contributed by atoms with Gasteiger partial charge in [0, 0.05) is 38.7 Å². The highest BCUT2D eigenvalue weighted by molar-refractivity contribution is 7.09. The molecule has 0 spiro atoms. The van der Waals surface area contributed by atoms with Gasteiger partial charge >= 0.3 is 0 Å². The zero-order valence-electron chi connectivity index (χ0n) is 13.9. The minimum atomic E-state index is -0.00885. The minimum absolute atomic E-state index is 0.00885. The van der Waals surface area contributed by atoms with E-state index in [9.17, 15) is 4.79 Å². The number of amides is 1. The molecule has 1 saturated heterocycles. The Hall–Kier alpha value is -2.06. The maximum Gasteiger partial charge on any atom is 0.273 e. The van der Waals surface area contributed by atoms with Crippen molar-refractivity contribution in [2.75, 3.05) is 38.2 Å². The summed E-state index contributed by atoms with van der Waals surface area (Å²) in [6, 6.07) is 3.94. The summed E-state index contributed by atoms with van der Waals surface area (Å²) in [5.74, 6) is 0.858. The van der Waals surface area contributed by atoms with Crippen molar-refractivity contribution in [3.63, 3.8) is 0 Å². The van der Waals surface area contributed by atoms with Crippen LogP contribution in [0.15, 0.2) is 17.5 Å². The monoisotopic (exact) mass is 347 g/mol. The smallest absolute Gasteiger partial charge is 0.273 e. The number of carbonyl (C=O) groups excluding carboxylic acids is 1. The largest absolute Gasteiger partial charge is 0.378 e. The van der Waals surface area contributed by atoms with Crippen LogP contribution in [-0.2, 0) is 11.3 Å². The van der Waals surface area contributed by atoms with Gasteiger partial charge in [-0.3, -0.25) is 4.79 Å². The number of carbonyl (C=O) groups is 1. The molecule has 1 aliphatic heterocycles. The van der Waals surface area contributed by atoms with E-state index in [1.165, 1.54) is 11.3 Å². The van der Waals surface area contributed by atoms with Crippen LogP contribution in [0.25, 0.3) is 0 Å². The molecule has 3 rings (SSSR count). The lowest BCUT2D eigenvalue weighted by molar-refractivity contribution is 0.0761. The van der Waals surface area contributed by atoms with Gasteiger partial charge in [0.05, 0.1) is 12.3 Å². The predicted molar refractivity (Wildman–Crippen MR) is 92.3 cm³/mol. The number of methoxy groups -OCH3 is 1. The van der Waals surface area contributed by atoms with Crippen molar-refractivity contribution in [2.24, 2.45) is 0 Å². The number of ether oxygens (including phenoxy) is 1. The quantitative estimate of drug-likeness (QED) is 0.839. The molecule has 0 aliphatic carbocycles. The van der Waals surface area contributed by atoms with Crippen LogP contribution in [0.2, 0.25) is 0 Å². The molecular formula is C16H21N5O2S. The molecule has 0 unspecified atom stereocenters. The molecular weight excluding hydrogens is 326 g/mol. The summed E-state index contributed by atoms with van der Waals surface area (Å²) < 4.78 is 5.06. The van der Waals surface area contributed by atoms with Crippen LogP contribution in [0.4, 0.5) is 5.82 Å². The summed E-state index contributed by atoms with van der Waals surface area (Å²) in [6.07, 6.45) is 0.899. The summed E-state index contributed by atoms with van der Waals surface area (Å²) in [5, 5.41) is 11.0. The molecule has 1 fully saturated rings. The second-order valence-electron chi connectivity index (χ2n) is 5.73. The van der Waals surface area contributed by atoms with Crippen LogP contribution < -0.4 is 4.90 Å².